The number of β-amino-alcohol motifs (C(OH)–C–C–N with tert-alkyl or cyclic N) is 1. The molecule has 1 aliphatic rings. The van der Waals surface area contributed by atoms with E-state index in [0.29, 0.717) is 12.3 Å². The van der Waals surface area contributed by atoms with E-state index in [0.717, 1.165) is 25.9 Å². The van der Waals surface area contributed by atoms with E-state index in [9.17, 15) is 20.0 Å². The van der Waals surface area contributed by atoms with Crippen LogP contribution in [0.1, 0.15) is 26.2 Å². The first-order chi connectivity index (χ1) is 11.5. The van der Waals surface area contributed by atoms with Gasteiger partial charge in [0, 0.05) is 25.6 Å². The molecule has 24 heavy (non-hydrogen) atoms. The van der Waals surface area contributed by atoms with Crippen molar-refractivity contribution in [1.82, 2.24) is 4.90 Å². The van der Waals surface area contributed by atoms with Crippen LogP contribution in [0.2, 0.25) is 0 Å². The number of nitro benzene ring substituents is 1. The predicted octanol–water partition coefficient (Wildman–Crippen LogP) is 1.78. The van der Waals surface area contributed by atoms with Gasteiger partial charge in [-0.1, -0.05) is 6.42 Å². The third-order valence-electron chi connectivity index (χ3n) is 3.83. The number of aliphatic hydroxyl groups is 1. The van der Waals surface area contributed by atoms with Gasteiger partial charge in [0.05, 0.1) is 10.6 Å². The van der Waals surface area contributed by atoms with Gasteiger partial charge < -0.3 is 20.1 Å². The average molecular weight is 337 g/mol. The van der Waals surface area contributed by atoms with Crippen LogP contribution in [0.3, 0.4) is 0 Å². The molecule has 1 unspecified atom stereocenters. The lowest BCUT2D eigenvalue weighted by atomic mass is 10.1. The van der Waals surface area contributed by atoms with Crippen LogP contribution < -0.4 is 10.1 Å². The summed E-state index contributed by atoms with van der Waals surface area (Å²) in [5.41, 5.74) is 0.0850. The quantitative estimate of drug-likeness (QED) is 0.580. The van der Waals surface area contributed by atoms with E-state index in [-0.39, 0.29) is 23.9 Å². The Bertz CT molecular complexity index is 587. The molecule has 8 nitrogen and oxygen atoms in total. The maximum absolute atomic E-state index is 11.3. The van der Waals surface area contributed by atoms with Crippen molar-refractivity contribution in [2.75, 3.05) is 31.6 Å². The van der Waals surface area contributed by atoms with Crippen LogP contribution in [0.4, 0.5) is 11.4 Å². The number of benzene rings is 1. The molecular weight excluding hydrogens is 314 g/mol. The number of hydrogen-bond donors (Lipinski definition) is 2. The summed E-state index contributed by atoms with van der Waals surface area (Å²) in [6.45, 7) is 3.86. The number of aliphatic hydroxyl groups excluding tert-OH is 1. The van der Waals surface area contributed by atoms with Crippen molar-refractivity contribution < 1.29 is 19.6 Å². The fourth-order valence-corrected chi connectivity index (χ4v) is 2.72. The Kier molecular flexibility index (Phi) is 6.51. The molecule has 2 N–H and O–H groups in total. The summed E-state index contributed by atoms with van der Waals surface area (Å²) in [6.07, 6.45) is 2.85. The summed E-state index contributed by atoms with van der Waals surface area (Å²) in [4.78, 5) is 23.8. The van der Waals surface area contributed by atoms with Gasteiger partial charge in [-0.3, -0.25) is 14.9 Å². The van der Waals surface area contributed by atoms with Crippen LogP contribution in [-0.2, 0) is 4.79 Å². The molecular formula is C16H23N3O5. The molecule has 132 valence electrons. The minimum Gasteiger partial charge on any atom is -0.489 e. The van der Waals surface area contributed by atoms with E-state index in [1.54, 1.807) is 0 Å². The number of nitro groups is 1. The average Bonchev–Trinajstić information content (AvgIpc) is 2.54. The van der Waals surface area contributed by atoms with Crippen molar-refractivity contribution in [3.05, 3.63) is 28.3 Å². The lowest BCUT2D eigenvalue weighted by molar-refractivity contribution is -0.384. The number of carbonyl (C=O) groups is 1. The highest BCUT2D eigenvalue weighted by Crippen LogP contribution is 2.29. The van der Waals surface area contributed by atoms with Gasteiger partial charge in [0.25, 0.3) is 5.69 Å². The van der Waals surface area contributed by atoms with E-state index >= 15 is 0 Å². The Balaban J connectivity index is 1.96. The molecule has 1 aromatic rings. The number of piperidine rings is 1. The monoisotopic (exact) mass is 337 g/mol. The van der Waals surface area contributed by atoms with E-state index in [1.807, 2.05) is 0 Å². The number of non-ortho nitro benzene ring substituents is 1. The van der Waals surface area contributed by atoms with Crippen molar-refractivity contribution in [3.63, 3.8) is 0 Å². The maximum Gasteiger partial charge on any atom is 0.271 e. The highest BCUT2D eigenvalue weighted by molar-refractivity contribution is 5.90. The first kappa shape index (κ1) is 18.2. The molecule has 1 heterocycles. The van der Waals surface area contributed by atoms with Crippen LogP contribution in [-0.4, -0.2) is 53.2 Å². The molecule has 8 heteroatoms. The minimum absolute atomic E-state index is 0.0564. The Morgan fingerprint density at radius 2 is 2.12 bits per heavy atom. The van der Waals surface area contributed by atoms with Gasteiger partial charge in [-0.25, -0.2) is 0 Å². The lowest BCUT2D eigenvalue weighted by Crippen LogP contribution is -2.38. The van der Waals surface area contributed by atoms with Gasteiger partial charge in [-0.05, 0) is 32.0 Å². The van der Waals surface area contributed by atoms with Gasteiger partial charge in [0.2, 0.25) is 5.91 Å². The zero-order valence-corrected chi connectivity index (χ0v) is 13.7. The highest BCUT2D eigenvalue weighted by atomic mass is 16.6. The Morgan fingerprint density at radius 3 is 2.75 bits per heavy atom. The standard InChI is InChI=1S/C16H23N3O5/c1-12(20)17-15-9-13(19(22)23)5-6-16(15)24-11-14(21)10-18-7-3-2-4-8-18/h5-6,9,14,21H,2-4,7-8,10-11H2,1H3,(H,17,20). The summed E-state index contributed by atoms with van der Waals surface area (Å²) >= 11 is 0. The number of amides is 1. The number of nitrogens with zero attached hydrogens (tertiary/aromatic N) is 2. The SMILES string of the molecule is CC(=O)Nc1cc([N+](=O)[O-])ccc1OCC(O)CN1CCCCC1. The third-order valence-corrected chi connectivity index (χ3v) is 3.83. The summed E-state index contributed by atoms with van der Waals surface area (Å²) in [5, 5.41) is 23.5. The van der Waals surface area contributed by atoms with E-state index in [1.165, 1.54) is 31.5 Å². The number of ether oxygens (including phenoxy) is 1. The van der Waals surface area contributed by atoms with Gasteiger partial charge in [0.1, 0.15) is 18.5 Å². The molecule has 1 aliphatic heterocycles. The first-order valence-electron chi connectivity index (χ1n) is 8.05. The molecule has 1 saturated heterocycles. The van der Waals surface area contributed by atoms with E-state index in [2.05, 4.69) is 10.2 Å². The highest BCUT2D eigenvalue weighted by Gasteiger charge is 2.17. The fourth-order valence-electron chi connectivity index (χ4n) is 2.72. The molecule has 1 amide bonds. The van der Waals surface area contributed by atoms with Crippen molar-refractivity contribution >= 4 is 17.3 Å². The molecule has 1 fully saturated rings. The second-order valence-corrected chi connectivity index (χ2v) is 5.94. The number of anilines is 1. The second-order valence-electron chi connectivity index (χ2n) is 5.94. The molecule has 0 aromatic heterocycles. The predicted molar refractivity (Wildman–Crippen MR) is 89.2 cm³/mol. The topological polar surface area (TPSA) is 105 Å². The molecule has 0 radical (unpaired) electrons. The lowest BCUT2D eigenvalue weighted by Gasteiger charge is -2.28. The van der Waals surface area contributed by atoms with Crippen molar-refractivity contribution in [2.45, 2.75) is 32.3 Å². The Hall–Kier alpha value is -2.19. The van der Waals surface area contributed by atoms with Crippen LogP contribution in [0.15, 0.2) is 18.2 Å². The molecule has 2 rings (SSSR count). The Labute approximate surface area is 140 Å². The molecule has 0 spiro atoms. The van der Waals surface area contributed by atoms with Crippen LogP contribution in [0.25, 0.3) is 0 Å². The van der Waals surface area contributed by atoms with Crippen LogP contribution in [0, 0.1) is 10.1 Å². The van der Waals surface area contributed by atoms with Gasteiger partial charge in [-0.15, -0.1) is 0 Å². The van der Waals surface area contributed by atoms with Gasteiger partial charge in [-0.2, -0.15) is 0 Å². The molecule has 0 aliphatic carbocycles. The van der Waals surface area contributed by atoms with Gasteiger partial charge in [0.15, 0.2) is 0 Å². The zero-order valence-electron chi connectivity index (χ0n) is 13.7. The molecule has 1 aromatic carbocycles. The molecule has 1 atom stereocenters. The maximum atomic E-state index is 11.3. The van der Waals surface area contributed by atoms with Crippen molar-refractivity contribution in [1.29, 1.82) is 0 Å². The third kappa shape index (κ3) is 5.47. The fraction of sp³-hybridized carbons (Fsp3) is 0.562. The minimum atomic E-state index is -0.663. The first-order valence-corrected chi connectivity index (χ1v) is 8.05. The second kappa shape index (κ2) is 8.60. The number of nitrogens with one attached hydrogen (secondary N) is 1. The van der Waals surface area contributed by atoms with Crippen LogP contribution >= 0.6 is 0 Å². The largest absolute Gasteiger partial charge is 0.489 e. The smallest absolute Gasteiger partial charge is 0.271 e. The number of rotatable bonds is 7. The summed E-state index contributed by atoms with van der Waals surface area (Å²) < 4.78 is 5.56. The Morgan fingerprint density at radius 1 is 1.42 bits per heavy atom. The van der Waals surface area contributed by atoms with E-state index in [4.69, 9.17) is 4.74 Å². The molecule has 0 bridgehead atoms. The number of likely N-dealkylation sites (tertiary alicyclic amines) is 1. The van der Waals surface area contributed by atoms with Crippen LogP contribution in [0.5, 0.6) is 5.75 Å². The summed E-state index contributed by atoms with van der Waals surface area (Å²) in [7, 11) is 0. The normalized spacial score (nSPS) is 16.4. The van der Waals surface area contributed by atoms with Crippen molar-refractivity contribution in [2.24, 2.45) is 0 Å². The van der Waals surface area contributed by atoms with Gasteiger partial charge >= 0.3 is 0 Å². The van der Waals surface area contributed by atoms with E-state index < -0.39 is 11.0 Å². The van der Waals surface area contributed by atoms with Crippen molar-refractivity contribution in [3.8, 4) is 5.75 Å². The zero-order chi connectivity index (χ0) is 17.5. The molecule has 0 saturated carbocycles. The number of carbonyl (C=O) groups excluding carboxylic acids is 1. The summed E-state index contributed by atoms with van der Waals surface area (Å²) in [5.74, 6) is -0.0530. The number of hydrogen-bond acceptors (Lipinski definition) is 6. The summed E-state index contributed by atoms with van der Waals surface area (Å²) in [6, 6.07) is 3.97.